The van der Waals surface area contributed by atoms with E-state index in [4.69, 9.17) is 10.5 Å². The third kappa shape index (κ3) is 2.38. The van der Waals surface area contributed by atoms with Gasteiger partial charge >= 0.3 is 0 Å². The van der Waals surface area contributed by atoms with Crippen molar-refractivity contribution < 1.29 is 9.53 Å². The molecule has 0 aromatic heterocycles. The molecular formula is C12H22N2O2. The minimum Gasteiger partial charge on any atom is -0.377 e. The summed E-state index contributed by atoms with van der Waals surface area (Å²) >= 11 is 0. The molecule has 0 bridgehead atoms. The lowest BCUT2D eigenvalue weighted by molar-refractivity contribution is -0.126. The first-order valence-corrected chi connectivity index (χ1v) is 6.30. The highest BCUT2D eigenvalue weighted by molar-refractivity contribution is 5.79. The van der Waals surface area contributed by atoms with Crippen LogP contribution in [-0.2, 0) is 9.53 Å². The quantitative estimate of drug-likeness (QED) is 0.723. The summed E-state index contributed by atoms with van der Waals surface area (Å²) in [6.45, 7) is 4.22. The van der Waals surface area contributed by atoms with E-state index in [9.17, 15) is 4.79 Å². The highest BCUT2D eigenvalue weighted by atomic mass is 16.5. The first-order valence-electron chi connectivity index (χ1n) is 6.30. The topological polar surface area (TPSA) is 64.3 Å². The smallest absolute Gasteiger partial charge is 0.225 e. The number of ether oxygens (including phenoxy) is 1. The van der Waals surface area contributed by atoms with Crippen LogP contribution >= 0.6 is 0 Å². The van der Waals surface area contributed by atoms with E-state index >= 15 is 0 Å². The van der Waals surface area contributed by atoms with E-state index in [0.29, 0.717) is 6.54 Å². The molecule has 1 aliphatic carbocycles. The minimum atomic E-state index is 0.0542. The molecule has 2 unspecified atom stereocenters. The lowest BCUT2D eigenvalue weighted by Gasteiger charge is -2.19. The summed E-state index contributed by atoms with van der Waals surface area (Å²) in [5.41, 5.74) is 5.91. The Kier molecular flexibility index (Phi) is 3.50. The highest BCUT2D eigenvalue weighted by Crippen LogP contribution is 2.43. The molecule has 2 aliphatic rings. The number of hydrogen-bond donors (Lipinski definition) is 2. The van der Waals surface area contributed by atoms with E-state index in [1.54, 1.807) is 0 Å². The van der Waals surface area contributed by atoms with Crippen LogP contribution in [0.3, 0.4) is 0 Å². The van der Waals surface area contributed by atoms with Crippen LogP contribution in [0, 0.1) is 11.3 Å². The molecule has 0 aromatic rings. The van der Waals surface area contributed by atoms with Gasteiger partial charge in [-0.2, -0.15) is 0 Å². The van der Waals surface area contributed by atoms with Crippen LogP contribution in [0.1, 0.15) is 32.6 Å². The van der Waals surface area contributed by atoms with Crippen LogP contribution < -0.4 is 11.1 Å². The first kappa shape index (κ1) is 11.9. The Hall–Kier alpha value is -0.610. The second-order valence-electron chi connectivity index (χ2n) is 5.13. The molecule has 3 N–H and O–H groups in total. The fourth-order valence-electron chi connectivity index (χ4n) is 2.39. The second-order valence-corrected chi connectivity index (χ2v) is 5.13. The Labute approximate surface area is 96.9 Å². The number of carbonyl (C=O) groups is 1. The van der Waals surface area contributed by atoms with Crippen LogP contribution in [-0.4, -0.2) is 31.7 Å². The van der Waals surface area contributed by atoms with Crippen molar-refractivity contribution in [2.45, 2.75) is 38.7 Å². The van der Waals surface area contributed by atoms with Crippen LogP contribution in [0.2, 0.25) is 0 Å². The lowest BCUT2D eigenvalue weighted by Crippen LogP contribution is -2.39. The normalized spacial score (nSPS) is 31.4. The number of carbonyl (C=O) groups excluding carboxylic acids is 1. The van der Waals surface area contributed by atoms with E-state index in [2.05, 4.69) is 12.2 Å². The van der Waals surface area contributed by atoms with Gasteiger partial charge in [0.2, 0.25) is 5.91 Å². The average Bonchev–Trinajstić information content (AvgIpc) is 2.94. The summed E-state index contributed by atoms with van der Waals surface area (Å²) in [6.07, 6.45) is 4.21. The van der Waals surface area contributed by atoms with Crippen molar-refractivity contribution in [1.82, 2.24) is 5.32 Å². The van der Waals surface area contributed by atoms with Gasteiger partial charge < -0.3 is 15.8 Å². The maximum atomic E-state index is 12.0. The van der Waals surface area contributed by atoms with Crippen molar-refractivity contribution in [2.75, 3.05) is 19.7 Å². The van der Waals surface area contributed by atoms with Gasteiger partial charge in [-0.05, 0) is 37.6 Å². The molecule has 2 fully saturated rings. The van der Waals surface area contributed by atoms with Gasteiger partial charge in [0.15, 0.2) is 0 Å². The zero-order valence-electron chi connectivity index (χ0n) is 10.00. The molecule has 0 spiro atoms. The van der Waals surface area contributed by atoms with Crippen molar-refractivity contribution >= 4 is 5.91 Å². The van der Waals surface area contributed by atoms with Crippen molar-refractivity contribution in [3.05, 3.63) is 0 Å². The molecule has 0 aromatic carbocycles. The molecule has 1 amide bonds. The van der Waals surface area contributed by atoms with E-state index in [-0.39, 0.29) is 23.3 Å². The van der Waals surface area contributed by atoms with Gasteiger partial charge in [0.05, 0.1) is 12.0 Å². The van der Waals surface area contributed by atoms with Crippen molar-refractivity contribution in [3.8, 4) is 0 Å². The number of rotatable bonds is 5. The first-order chi connectivity index (χ1) is 7.71. The molecule has 92 valence electrons. The Morgan fingerprint density at radius 3 is 2.88 bits per heavy atom. The van der Waals surface area contributed by atoms with Crippen LogP contribution in [0.4, 0.5) is 0 Å². The predicted octanol–water partition coefficient (Wildman–Crippen LogP) is 0.657. The molecule has 1 saturated heterocycles. The van der Waals surface area contributed by atoms with E-state index < -0.39 is 0 Å². The van der Waals surface area contributed by atoms with Crippen LogP contribution in [0.5, 0.6) is 0 Å². The summed E-state index contributed by atoms with van der Waals surface area (Å²) in [5.74, 6) is 0.211. The maximum absolute atomic E-state index is 12.0. The molecule has 4 heteroatoms. The number of hydrogen-bond acceptors (Lipinski definition) is 3. The maximum Gasteiger partial charge on any atom is 0.225 e. The summed E-state index contributed by atoms with van der Waals surface area (Å²) < 4.78 is 5.52. The molecule has 2 atom stereocenters. The van der Waals surface area contributed by atoms with E-state index in [0.717, 1.165) is 38.8 Å². The molecule has 1 aliphatic heterocycles. The number of nitrogens with one attached hydrogen (secondary N) is 1. The van der Waals surface area contributed by atoms with Crippen molar-refractivity contribution in [1.29, 1.82) is 0 Å². The average molecular weight is 226 g/mol. The molecule has 1 heterocycles. The molecule has 16 heavy (non-hydrogen) atoms. The van der Waals surface area contributed by atoms with Crippen molar-refractivity contribution in [3.63, 3.8) is 0 Å². The Bertz CT molecular complexity index is 264. The van der Waals surface area contributed by atoms with Crippen LogP contribution in [0.25, 0.3) is 0 Å². The van der Waals surface area contributed by atoms with E-state index in [1.165, 1.54) is 0 Å². The third-order valence-corrected chi connectivity index (χ3v) is 3.98. The standard InChI is InChI=1S/C12H22N2O2/c1-2-10-9(3-6-16-10)11(15)14-8-12(7-13)4-5-12/h9-10H,2-8,13H2,1H3,(H,14,15). The summed E-state index contributed by atoms with van der Waals surface area (Å²) in [7, 11) is 0. The van der Waals surface area contributed by atoms with Gasteiger partial charge in [0, 0.05) is 13.2 Å². The Morgan fingerprint density at radius 2 is 2.31 bits per heavy atom. The summed E-state index contributed by atoms with van der Waals surface area (Å²) in [4.78, 5) is 12.0. The van der Waals surface area contributed by atoms with Gasteiger partial charge in [0.1, 0.15) is 0 Å². The van der Waals surface area contributed by atoms with Gasteiger partial charge in [-0.15, -0.1) is 0 Å². The summed E-state index contributed by atoms with van der Waals surface area (Å²) in [6, 6.07) is 0. The molecule has 0 radical (unpaired) electrons. The van der Waals surface area contributed by atoms with Crippen LogP contribution in [0.15, 0.2) is 0 Å². The molecule has 4 nitrogen and oxygen atoms in total. The SMILES string of the molecule is CCC1OCCC1C(=O)NCC1(CN)CC1. The molecule has 2 rings (SSSR count). The number of amides is 1. The molecule has 1 saturated carbocycles. The Balaban J connectivity index is 1.79. The Morgan fingerprint density at radius 1 is 1.56 bits per heavy atom. The largest absolute Gasteiger partial charge is 0.377 e. The number of nitrogens with two attached hydrogens (primary N) is 1. The zero-order valence-corrected chi connectivity index (χ0v) is 10.00. The third-order valence-electron chi connectivity index (χ3n) is 3.98. The van der Waals surface area contributed by atoms with Crippen molar-refractivity contribution in [2.24, 2.45) is 17.1 Å². The summed E-state index contributed by atoms with van der Waals surface area (Å²) in [5, 5.41) is 3.04. The lowest BCUT2D eigenvalue weighted by atomic mass is 9.98. The van der Waals surface area contributed by atoms with E-state index in [1.807, 2.05) is 0 Å². The van der Waals surface area contributed by atoms with Gasteiger partial charge in [-0.1, -0.05) is 6.92 Å². The second kappa shape index (κ2) is 4.72. The van der Waals surface area contributed by atoms with Gasteiger partial charge in [-0.25, -0.2) is 0 Å². The zero-order chi connectivity index (χ0) is 11.6. The van der Waals surface area contributed by atoms with Gasteiger partial charge in [-0.3, -0.25) is 4.79 Å². The fraction of sp³-hybridized carbons (Fsp3) is 0.917. The monoisotopic (exact) mass is 226 g/mol. The van der Waals surface area contributed by atoms with Gasteiger partial charge in [0.25, 0.3) is 0 Å². The predicted molar refractivity (Wildman–Crippen MR) is 61.9 cm³/mol. The highest BCUT2D eigenvalue weighted by Gasteiger charge is 2.42. The minimum absolute atomic E-state index is 0.0542. The molecular weight excluding hydrogens is 204 g/mol. The fourth-order valence-corrected chi connectivity index (χ4v) is 2.39.